The normalized spacial score (nSPS) is 9.88. The maximum atomic E-state index is 10.9. The zero-order chi connectivity index (χ0) is 12.4. The van der Waals surface area contributed by atoms with Crippen LogP contribution in [0.1, 0.15) is 13.8 Å². The number of esters is 3. The number of ether oxygens (including phenoxy) is 3. The predicted molar refractivity (Wildman–Crippen MR) is 53.4 cm³/mol. The van der Waals surface area contributed by atoms with Crippen LogP contribution in [-0.2, 0) is 28.6 Å². The summed E-state index contributed by atoms with van der Waals surface area (Å²) in [5.41, 5.74) is 0. The van der Waals surface area contributed by atoms with Crippen molar-refractivity contribution in [1.82, 2.24) is 0 Å². The van der Waals surface area contributed by atoms with Crippen LogP contribution in [0.5, 0.6) is 0 Å². The van der Waals surface area contributed by atoms with E-state index in [-0.39, 0.29) is 13.2 Å². The van der Waals surface area contributed by atoms with Crippen LogP contribution in [0.3, 0.4) is 0 Å². The van der Waals surface area contributed by atoms with Gasteiger partial charge in [0.25, 0.3) is 0 Å². The van der Waals surface area contributed by atoms with Crippen LogP contribution < -0.4 is 0 Å². The number of rotatable bonds is 6. The molecule has 0 aliphatic carbocycles. The van der Waals surface area contributed by atoms with Gasteiger partial charge in [0.15, 0.2) is 6.61 Å². The summed E-state index contributed by atoms with van der Waals surface area (Å²) in [6.45, 7) is 3.25. The third kappa shape index (κ3) is 7.54. The molecule has 0 aromatic heterocycles. The SMILES string of the molecule is CCOC(=O)/C=C\C(=O)OCC(=O)OCC. The lowest BCUT2D eigenvalue weighted by atomic mass is 10.5. The Balaban J connectivity index is 3.82. The molecule has 0 heterocycles. The third-order valence-corrected chi connectivity index (χ3v) is 1.28. The summed E-state index contributed by atoms with van der Waals surface area (Å²) in [5, 5.41) is 0. The Morgan fingerprint density at radius 1 is 0.875 bits per heavy atom. The van der Waals surface area contributed by atoms with Crippen LogP contribution in [0.2, 0.25) is 0 Å². The first-order valence-electron chi connectivity index (χ1n) is 4.77. The Kier molecular flexibility index (Phi) is 7.48. The van der Waals surface area contributed by atoms with Crippen molar-refractivity contribution in [3.63, 3.8) is 0 Å². The van der Waals surface area contributed by atoms with Crippen molar-refractivity contribution in [3.05, 3.63) is 12.2 Å². The fraction of sp³-hybridized carbons (Fsp3) is 0.500. The second-order valence-corrected chi connectivity index (χ2v) is 2.50. The van der Waals surface area contributed by atoms with E-state index in [1.165, 1.54) is 0 Å². The van der Waals surface area contributed by atoms with Crippen LogP contribution in [0.4, 0.5) is 0 Å². The third-order valence-electron chi connectivity index (χ3n) is 1.28. The van der Waals surface area contributed by atoms with Crippen molar-refractivity contribution in [2.24, 2.45) is 0 Å². The van der Waals surface area contributed by atoms with Gasteiger partial charge in [0.05, 0.1) is 13.2 Å². The number of carbonyl (C=O) groups excluding carboxylic acids is 3. The first-order valence-corrected chi connectivity index (χ1v) is 4.77. The molecule has 0 rings (SSSR count). The second-order valence-electron chi connectivity index (χ2n) is 2.50. The molecule has 0 amide bonds. The zero-order valence-corrected chi connectivity index (χ0v) is 9.23. The summed E-state index contributed by atoms with van der Waals surface area (Å²) in [5.74, 6) is -2.09. The molecule has 0 saturated heterocycles. The van der Waals surface area contributed by atoms with Crippen LogP contribution in [0.15, 0.2) is 12.2 Å². The molecule has 0 fully saturated rings. The highest BCUT2D eigenvalue weighted by molar-refractivity contribution is 5.92. The fourth-order valence-electron chi connectivity index (χ4n) is 0.707. The van der Waals surface area contributed by atoms with Gasteiger partial charge >= 0.3 is 17.9 Å². The van der Waals surface area contributed by atoms with E-state index >= 15 is 0 Å². The molecule has 0 bridgehead atoms. The van der Waals surface area contributed by atoms with E-state index in [0.717, 1.165) is 12.2 Å². The van der Waals surface area contributed by atoms with Crippen molar-refractivity contribution >= 4 is 17.9 Å². The van der Waals surface area contributed by atoms with E-state index in [9.17, 15) is 14.4 Å². The van der Waals surface area contributed by atoms with Gasteiger partial charge in [0.1, 0.15) is 0 Å². The van der Waals surface area contributed by atoms with Gasteiger partial charge in [0.2, 0.25) is 0 Å². The Morgan fingerprint density at radius 2 is 1.38 bits per heavy atom. The lowest BCUT2D eigenvalue weighted by molar-refractivity contribution is -0.155. The maximum absolute atomic E-state index is 10.9. The van der Waals surface area contributed by atoms with Gasteiger partial charge in [-0.25, -0.2) is 14.4 Å². The molecule has 0 radical (unpaired) electrons. The fourth-order valence-corrected chi connectivity index (χ4v) is 0.707. The molecule has 6 nitrogen and oxygen atoms in total. The van der Waals surface area contributed by atoms with Gasteiger partial charge in [0, 0.05) is 12.2 Å². The average Bonchev–Trinajstić information content (AvgIpc) is 2.24. The van der Waals surface area contributed by atoms with Gasteiger partial charge in [-0.15, -0.1) is 0 Å². The van der Waals surface area contributed by atoms with Crippen molar-refractivity contribution in [1.29, 1.82) is 0 Å². The highest BCUT2D eigenvalue weighted by atomic mass is 16.6. The molecule has 0 aliphatic heterocycles. The Hall–Kier alpha value is -1.85. The molecule has 0 aromatic carbocycles. The topological polar surface area (TPSA) is 78.9 Å². The Morgan fingerprint density at radius 3 is 1.88 bits per heavy atom. The van der Waals surface area contributed by atoms with E-state index in [1.807, 2.05) is 0 Å². The van der Waals surface area contributed by atoms with E-state index < -0.39 is 24.5 Å². The molecule has 6 heteroatoms. The van der Waals surface area contributed by atoms with E-state index in [1.54, 1.807) is 13.8 Å². The Bertz CT molecular complexity index is 281. The maximum Gasteiger partial charge on any atom is 0.344 e. The zero-order valence-electron chi connectivity index (χ0n) is 9.23. The lowest BCUT2D eigenvalue weighted by Gasteiger charge is -2.01. The number of hydrogen-bond donors (Lipinski definition) is 0. The minimum Gasteiger partial charge on any atom is -0.463 e. The summed E-state index contributed by atoms with van der Waals surface area (Å²) in [4.78, 5) is 32.5. The predicted octanol–water partition coefficient (Wildman–Crippen LogP) is 0.212. The van der Waals surface area contributed by atoms with E-state index in [2.05, 4.69) is 14.2 Å². The molecule has 90 valence electrons. The lowest BCUT2D eigenvalue weighted by Crippen LogP contribution is -2.15. The molecule has 0 unspecified atom stereocenters. The van der Waals surface area contributed by atoms with Gasteiger partial charge in [-0.05, 0) is 13.8 Å². The molecule has 0 spiro atoms. The first-order chi connectivity index (χ1) is 7.60. The van der Waals surface area contributed by atoms with Gasteiger partial charge in [-0.3, -0.25) is 0 Å². The van der Waals surface area contributed by atoms with Crippen LogP contribution in [-0.4, -0.2) is 37.7 Å². The molecule has 0 aliphatic rings. The van der Waals surface area contributed by atoms with Crippen LogP contribution in [0.25, 0.3) is 0 Å². The summed E-state index contributed by atoms with van der Waals surface area (Å²) in [7, 11) is 0. The van der Waals surface area contributed by atoms with E-state index in [4.69, 9.17) is 0 Å². The summed E-state index contributed by atoms with van der Waals surface area (Å²) in [6.07, 6.45) is 1.81. The van der Waals surface area contributed by atoms with Crippen molar-refractivity contribution in [2.45, 2.75) is 13.8 Å². The van der Waals surface area contributed by atoms with Gasteiger partial charge in [-0.1, -0.05) is 0 Å². The molecular formula is C10H14O6. The monoisotopic (exact) mass is 230 g/mol. The molecule has 0 atom stereocenters. The summed E-state index contributed by atoms with van der Waals surface area (Å²) >= 11 is 0. The van der Waals surface area contributed by atoms with E-state index in [0.29, 0.717) is 0 Å². The van der Waals surface area contributed by atoms with Crippen molar-refractivity contribution in [2.75, 3.05) is 19.8 Å². The van der Waals surface area contributed by atoms with Gasteiger partial charge < -0.3 is 14.2 Å². The minimum absolute atomic E-state index is 0.217. The summed E-state index contributed by atoms with van der Waals surface area (Å²) in [6, 6.07) is 0. The molecule has 0 aromatic rings. The molecular weight excluding hydrogens is 216 g/mol. The summed E-state index contributed by atoms with van der Waals surface area (Å²) < 4.78 is 13.5. The van der Waals surface area contributed by atoms with Crippen LogP contribution >= 0.6 is 0 Å². The quantitative estimate of drug-likeness (QED) is 0.369. The minimum atomic E-state index is -0.805. The second kappa shape index (κ2) is 8.46. The highest BCUT2D eigenvalue weighted by Crippen LogP contribution is 1.87. The molecule has 0 saturated carbocycles. The average molecular weight is 230 g/mol. The molecule has 0 N–H and O–H groups in total. The smallest absolute Gasteiger partial charge is 0.344 e. The van der Waals surface area contributed by atoms with Crippen molar-refractivity contribution in [3.8, 4) is 0 Å². The standard InChI is InChI=1S/C10H14O6/c1-3-14-8(11)5-6-9(12)16-7-10(13)15-4-2/h5-6H,3-4,7H2,1-2H3/b6-5-. The van der Waals surface area contributed by atoms with Gasteiger partial charge in [-0.2, -0.15) is 0 Å². The highest BCUT2D eigenvalue weighted by Gasteiger charge is 2.05. The number of hydrogen-bond acceptors (Lipinski definition) is 6. The molecule has 16 heavy (non-hydrogen) atoms. The number of carbonyl (C=O) groups is 3. The van der Waals surface area contributed by atoms with Crippen LogP contribution in [0, 0.1) is 0 Å². The largest absolute Gasteiger partial charge is 0.463 e. The Labute approximate surface area is 93.2 Å². The van der Waals surface area contributed by atoms with Crippen molar-refractivity contribution < 1.29 is 28.6 Å². The first kappa shape index (κ1) is 14.2.